The number of fused-ring (bicyclic) bond motifs is 1. The van der Waals surface area contributed by atoms with Crippen LogP contribution < -0.4 is 4.84 Å². The predicted octanol–water partition coefficient (Wildman–Crippen LogP) is 5.15. The molecule has 0 aromatic heterocycles. The highest BCUT2D eigenvalue weighted by molar-refractivity contribution is 7.20. The van der Waals surface area contributed by atoms with Gasteiger partial charge in [0, 0.05) is 16.7 Å². The summed E-state index contributed by atoms with van der Waals surface area (Å²) < 4.78 is 21.9. The Labute approximate surface area is 213 Å². The van der Waals surface area contributed by atoms with E-state index in [1.165, 1.54) is 0 Å². The van der Waals surface area contributed by atoms with Crippen LogP contribution in [0.2, 0.25) is 0 Å². The molecule has 0 radical (unpaired) electrons. The Morgan fingerprint density at radius 2 is 2.00 bits per heavy atom. The maximum atomic E-state index is 12.2. The SMILES string of the molecule is CCOC(=O)C(C)N(Oc1ccccc1CC(C)=CCc1c(O)c2c(c(C)c1CC)COC2=O)[PH+]=O. The van der Waals surface area contributed by atoms with Gasteiger partial charge in [-0.1, -0.05) is 36.8 Å². The van der Waals surface area contributed by atoms with Crippen LogP contribution in [-0.2, 0) is 44.7 Å². The smallest absolute Gasteiger partial charge is 0.457 e. The van der Waals surface area contributed by atoms with Crippen LogP contribution >= 0.6 is 8.61 Å². The van der Waals surface area contributed by atoms with Gasteiger partial charge in [0.2, 0.25) is 0 Å². The number of hydrogen-bond acceptors (Lipinski definition) is 7. The molecule has 0 saturated carbocycles. The lowest BCUT2D eigenvalue weighted by Gasteiger charge is -2.17. The number of ether oxygens (including phenoxy) is 2. The second kappa shape index (κ2) is 12.2. The lowest BCUT2D eigenvalue weighted by Crippen LogP contribution is -2.36. The van der Waals surface area contributed by atoms with Gasteiger partial charge in [0.1, 0.15) is 17.9 Å². The van der Waals surface area contributed by atoms with Crippen molar-refractivity contribution >= 4 is 20.5 Å². The van der Waals surface area contributed by atoms with Crippen molar-refractivity contribution < 1.29 is 33.6 Å². The maximum absolute atomic E-state index is 12.2. The van der Waals surface area contributed by atoms with Gasteiger partial charge in [0.25, 0.3) is 0 Å². The second-order valence-electron chi connectivity index (χ2n) is 8.69. The fourth-order valence-corrected chi connectivity index (χ4v) is 4.77. The second-order valence-corrected chi connectivity index (χ2v) is 9.31. The minimum absolute atomic E-state index is 0.00256. The molecule has 9 heteroatoms. The van der Waals surface area contributed by atoms with Crippen LogP contribution in [0, 0.1) is 6.92 Å². The molecule has 1 aliphatic heterocycles. The van der Waals surface area contributed by atoms with Gasteiger partial charge >= 0.3 is 20.5 Å². The van der Waals surface area contributed by atoms with Crippen LogP contribution in [0.1, 0.15) is 65.9 Å². The molecule has 0 aliphatic carbocycles. The number of carbonyl (C=O) groups excluding carboxylic acids is 2. The number of rotatable bonds is 11. The maximum Gasteiger partial charge on any atom is 0.457 e. The van der Waals surface area contributed by atoms with Crippen LogP contribution in [0.15, 0.2) is 35.9 Å². The molecule has 0 fully saturated rings. The minimum Gasteiger partial charge on any atom is -0.507 e. The van der Waals surface area contributed by atoms with E-state index in [9.17, 15) is 19.3 Å². The molecule has 2 aromatic carbocycles. The van der Waals surface area contributed by atoms with Gasteiger partial charge in [0.05, 0.1) is 11.4 Å². The third kappa shape index (κ3) is 5.77. The predicted molar refractivity (Wildman–Crippen MR) is 137 cm³/mol. The molecule has 1 N–H and O–H groups in total. The fourth-order valence-electron chi connectivity index (χ4n) is 4.37. The Morgan fingerprint density at radius 3 is 2.67 bits per heavy atom. The number of cyclic esters (lactones) is 1. The van der Waals surface area contributed by atoms with E-state index in [0.717, 1.165) is 44.6 Å². The molecule has 1 heterocycles. The van der Waals surface area contributed by atoms with E-state index in [4.69, 9.17) is 14.3 Å². The van der Waals surface area contributed by atoms with Crippen LogP contribution in [-0.4, -0.2) is 34.5 Å². The summed E-state index contributed by atoms with van der Waals surface area (Å²) >= 11 is 0. The number of carbonyl (C=O) groups is 2. The summed E-state index contributed by atoms with van der Waals surface area (Å²) in [7, 11) is -0.998. The van der Waals surface area contributed by atoms with E-state index in [1.54, 1.807) is 26.0 Å². The Balaban J connectivity index is 1.82. The van der Waals surface area contributed by atoms with Crippen LogP contribution in [0.5, 0.6) is 11.5 Å². The Morgan fingerprint density at radius 1 is 1.28 bits per heavy atom. The molecule has 2 atom stereocenters. The lowest BCUT2D eigenvalue weighted by molar-refractivity contribution is -0.153. The number of benzene rings is 2. The van der Waals surface area contributed by atoms with Gasteiger partial charge in [-0.3, -0.25) is 4.79 Å². The molecule has 0 saturated heterocycles. The number of hydrogen-bond donors (Lipinski definition) is 1. The topological polar surface area (TPSA) is 102 Å². The first-order valence-corrected chi connectivity index (χ1v) is 12.9. The van der Waals surface area contributed by atoms with Crippen molar-refractivity contribution in [3.8, 4) is 11.5 Å². The zero-order valence-electron chi connectivity index (χ0n) is 21.3. The van der Waals surface area contributed by atoms with E-state index in [2.05, 4.69) is 0 Å². The molecule has 0 spiro atoms. The van der Waals surface area contributed by atoms with Gasteiger partial charge < -0.3 is 19.4 Å². The normalized spacial score (nSPS) is 14.1. The van der Waals surface area contributed by atoms with Crippen molar-refractivity contribution in [1.29, 1.82) is 0 Å². The lowest BCUT2D eigenvalue weighted by atomic mass is 9.89. The first-order chi connectivity index (χ1) is 17.2. The van der Waals surface area contributed by atoms with E-state index < -0.39 is 26.6 Å². The summed E-state index contributed by atoms with van der Waals surface area (Å²) in [5, 5.41) is 10.9. The molecule has 8 nitrogen and oxygen atoms in total. The number of allylic oxidation sites excluding steroid dienone is 2. The number of phenolic OH excluding ortho intramolecular Hbond substituents is 1. The fraction of sp³-hybridized carbons (Fsp3) is 0.407. The van der Waals surface area contributed by atoms with Crippen LogP contribution in [0.3, 0.4) is 0 Å². The summed E-state index contributed by atoms with van der Waals surface area (Å²) in [6, 6.07) is 6.50. The molecule has 2 aromatic rings. The number of aromatic hydroxyl groups is 1. The molecule has 36 heavy (non-hydrogen) atoms. The molecule has 192 valence electrons. The Kier molecular flexibility index (Phi) is 9.24. The summed E-state index contributed by atoms with van der Waals surface area (Å²) in [6.45, 7) is 9.66. The van der Waals surface area contributed by atoms with E-state index in [-0.39, 0.29) is 24.5 Å². The van der Waals surface area contributed by atoms with Gasteiger partial charge in [-0.05, 0) is 68.7 Å². The van der Waals surface area contributed by atoms with Crippen molar-refractivity contribution in [1.82, 2.24) is 4.83 Å². The van der Waals surface area contributed by atoms with Crippen molar-refractivity contribution in [2.24, 2.45) is 0 Å². The van der Waals surface area contributed by atoms with E-state index >= 15 is 0 Å². The minimum atomic E-state index is -0.998. The standard InChI is InChI=1S/C27H32NO7P/c1-6-20-17(4)22-15-34-27(31)24(22)25(29)21(20)13-12-16(3)14-19-10-8-9-11-23(19)35-28(36-32)18(5)26(30)33-7-2/h8-12,18,29H,6-7,13-15H2,1-5H3/p+1. The summed E-state index contributed by atoms with van der Waals surface area (Å²) in [4.78, 5) is 31.2. The highest BCUT2D eigenvalue weighted by atomic mass is 31.1. The quantitative estimate of drug-likeness (QED) is 0.190. The number of para-hydroxylation sites is 1. The molecule has 2 unspecified atom stereocenters. The van der Waals surface area contributed by atoms with Gasteiger partial charge in [-0.25, -0.2) is 4.79 Å². The first-order valence-electron chi connectivity index (χ1n) is 12.0. The van der Waals surface area contributed by atoms with Crippen molar-refractivity contribution in [3.05, 3.63) is 69.3 Å². The zero-order chi connectivity index (χ0) is 26.4. The number of hydroxylamine groups is 1. The largest absolute Gasteiger partial charge is 0.507 e. The summed E-state index contributed by atoms with van der Waals surface area (Å²) in [5.41, 5.74) is 5.66. The average Bonchev–Trinajstić information content (AvgIpc) is 3.26. The summed E-state index contributed by atoms with van der Waals surface area (Å²) in [6.07, 6.45) is 3.74. The van der Waals surface area contributed by atoms with Gasteiger partial charge in [-0.15, -0.1) is 0 Å². The third-order valence-corrected chi connectivity index (χ3v) is 7.02. The molecular weight excluding hydrogens is 481 g/mol. The number of esters is 2. The van der Waals surface area contributed by atoms with Crippen molar-refractivity contribution in [2.45, 2.75) is 66.5 Å². The Hall–Kier alpha value is -3.22. The average molecular weight is 515 g/mol. The highest BCUT2D eigenvalue weighted by Crippen LogP contribution is 2.38. The first kappa shape index (κ1) is 27.4. The monoisotopic (exact) mass is 514 g/mol. The van der Waals surface area contributed by atoms with Gasteiger partial charge in [0.15, 0.2) is 11.8 Å². The van der Waals surface area contributed by atoms with Gasteiger partial charge in [-0.2, -0.15) is 0 Å². The Bertz CT molecular complexity index is 1190. The molecule has 3 rings (SSSR count). The van der Waals surface area contributed by atoms with Crippen molar-refractivity contribution in [2.75, 3.05) is 6.61 Å². The number of nitrogens with zero attached hydrogens (tertiary/aromatic N) is 1. The van der Waals surface area contributed by atoms with Crippen LogP contribution in [0.4, 0.5) is 0 Å². The molecular formula is C27H33NO7P+. The summed E-state index contributed by atoms with van der Waals surface area (Å²) in [5.74, 6) is -0.517. The molecule has 0 amide bonds. The molecule has 1 aliphatic rings. The van der Waals surface area contributed by atoms with E-state index in [1.807, 2.05) is 39.0 Å². The van der Waals surface area contributed by atoms with Crippen LogP contribution in [0.25, 0.3) is 0 Å². The van der Waals surface area contributed by atoms with Crippen molar-refractivity contribution in [3.63, 3.8) is 0 Å². The van der Waals surface area contributed by atoms with E-state index in [0.29, 0.717) is 18.6 Å². The highest BCUT2D eigenvalue weighted by Gasteiger charge is 2.32. The number of phenols is 1. The zero-order valence-corrected chi connectivity index (χ0v) is 22.3. The molecule has 0 bridgehead atoms. The third-order valence-electron chi connectivity index (χ3n) is 6.36.